The first-order valence-corrected chi connectivity index (χ1v) is 6.45. The van der Waals surface area contributed by atoms with Crippen LogP contribution in [0.3, 0.4) is 0 Å². The van der Waals surface area contributed by atoms with E-state index >= 15 is 0 Å². The Morgan fingerprint density at radius 2 is 1.95 bits per heavy atom. The number of halogens is 2. The standard InChI is InChI=1S/C14H17F2N3/c1-18(8-9-19-6-2-3-7-19)12-5-4-11(10-17)13(15)14(12)16/h4-5H,2-3,6-9H2,1H3. The quantitative estimate of drug-likeness (QED) is 0.837. The van der Waals surface area contributed by atoms with Crippen LogP contribution in [-0.4, -0.2) is 38.1 Å². The molecule has 0 N–H and O–H groups in total. The Morgan fingerprint density at radius 1 is 1.26 bits per heavy atom. The third kappa shape index (κ3) is 3.02. The number of rotatable bonds is 4. The summed E-state index contributed by atoms with van der Waals surface area (Å²) < 4.78 is 27.3. The Kier molecular flexibility index (Phi) is 4.33. The summed E-state index contributed by atoms with van der Waals surface area (Å²) in [7, 11) is 1.74. The molecule has 1 fully saturated rings. The zero-order chi connectivity index (χ0) is 13.8. The van der Waals surface area contributed by atoms with Crippen molar-refractivity contribution in [3.05, 3.63) is 29.3 Å². The van der Waals surface area contributed by atoms with Crippen molar-refractivity contribution in [2.24, 2.45) is 0 Å². The van der Waals surface area contributed by atoms with Gasteiger partial charge in [0.2, 0.25) is 0 Å². The summed E-state index contributed by atoms with van der Waals surface area (Å²) in [6.07, 6.45) is 2.42. The molecule has 102 valence electrons. The SMILES string of the molecule is CN(CCN1CCCC1)c1ccc(C#N)c(F)c1F. The smallest absolute Gasteiger partial charge is 0.183 e. The van der Waals surface area contributed by atoms with Gasteiger partial charge in [-0.1, -0.05) is 0 Å². The van der Waals surface area contributed by atoms with Crippen LogP contribution in [0.25, 0.3) is 0 Å². The van der Waals surface area contributed by atoms with Crippen LogP contribution in [0.1, 0.15) is 18.4 Å². The van der Waals surface area contributed by atoms with Crippen molar-refractivity contribution in [1.82, 2.24) is 4.90 Å². The summed E-state index contributed by atoms with van der Waals surface area (Å²) in [5.41, 5.74) is -0.0510. The fraction of sp³-hybridized carbons (Fsp3) is 0.500. The minimum absolute atomic E-state index is 0.204. The second-order valence-electron chi connectivity index (χ2n) is 4.84. The largest absolute Gasteiger partial charge is 0.371 e. The molecule has 1 heterocycles. The van der Waals surface area contributed by atoms with Gasteiger partial charge < -0.3 is 9.80 Å². The topological polar surface area (TPSA) is 30.3 Å². The van der Waals surface area contributed by atoms with E-state index in [2.05, 4.69) is 4.90 Å². The van der Waals surface area contributed by atoms with Gasteiger partial charge >= 0.3 is 0 Å². The Bertz CT molecular complexity index is 490. The van der Waals surface area contributed by atoms with Crippen LogP contribution in [0.15, 0.2) is 12.1 Å². The Labute approximate surface area is 112 Å². The van der Waals surface area contributed by atoms with Crippen LogP contribution in [0.4, 0.5) is 14.5 Å². The first kappa shape index (κ1) is 13.8. The molecule has 0 unspecified atom stereocenters. The molecule has 19 heavy (non-hydrogen) atoms. The summed E-state index contributed by atoms with van der Waals surface area (Å²) in [6, 6.07) is 4.42. The van der Waals surface area contributed by atoms with Crippen molar-refractivity contribution in [1.29, 1.82) is 5.26 Å². The third-order valence-electron chi connectivity index (χ3n) is 3.54. The molecule has 0 aromatic heterocycles. The molecular formula is C14H17F2N3. The molecule has 0 spiro atoms. The van der Waals surface area contributed by atoms with Crippen LogP contribution in [-0.2, 0) is 0 Å². The zero-order valence-corrected chi connectivity index (χ0v) is 11.0. The lowest BCUT2D eigenvalue weighted by molar-refractivity contribution is 0.346. The molecule has 0 amide bonds. The fourth-order valence-corrected chi connectivity index (χ4v) is 2.34. The van der Waals surface area contributed by atoms with Gasteiger partial charge in [-0.2, -0.15) is 5.26 Å². The molecular weight excluding hydrogens is 248 g/mol. The first-order chi connectivity index (χ1) is 9.13. The van der Waals surface area contributed by atoms with Crippen LogP contribution in [0.2, 0.25) is 0 Å². The van der Waals surface area contributed by atoms with Crippen molar-refractivity contribution in [3.8, 4) is 6.07 Å². The number of nitriles is 1. The molecule has 1 aromatic carbocycles. The third-order valence-corrected chi connectivity index (χ3v) is 3.54. The van der Waals surface area contributed by atoms with E-state index in [1.54, 1.807) is 18.0 Å². The molecule has 1 aromatic rings. The van der Waals surface area contributed by atoms with Gasteiger partial charge in [0, 0.05) is 20.1 Å². The maximum absolute atomic E-state index is 13.8. The van der Waals surface area contributed by atoms with Gasteiger partial charge in [0.05, 0.1) is 11.3 Å². The summed E-state index contributed by atoms with van der Waals surface area (Å²) in [5, 5.41) is 8.64. The molecule has 1 saturated heterocycles. The lowest BCUT2D eigenvalue weighted by Crippen LogP contribution is -2.31. The average molecular weight is 265 g/mol. The second-order valence-corrected chi connectivity index (χ2v) is 4.84. The molecule has 1 aliphatic rings. The van der Waals surface area contributed by atoms with Gasteiger partial charge in [-0.3, -0.25) is 0 Å². The number of anilines is 1. The molecule has 0 bridgehead atoms. The van der Waals surface area contributed by atoms with Crippen LogP contribution < -0.4 is 4.90 Å². The predicted octanol–water partition coefficient (Wildman–Crippen LogP) is 2.37. The normalized spacial score (nSPS) is 15.5. The number of hydrogen-bond acceptors (Lipinski definition) is 3. The lowest BCUT2D eigenvalue weighted by Gasteiger charge is -2.23. The van der Waals surface area contributed by atoms with Crippen LogP contribution in [0, 0.1) is 23.0 Å². The van der Waals surface area contributed by atoms with Crippen LogP contribution in [0.5, 0.6) is 0 Å². The van der Waals surface area contributed by atoms with E-state index in [1.807, 2.05) is 0 Å². The minimum Gasteiger partial charge on any atom is -0.371 e. The molecule has 0 atom stereocenters. The molecule has 5 heteroatoms. The van der Waals surface area contributed by atoms with E-state index in [0.29, 0.717) is 6.54 Å². The Hall–Kier alpha value is -1.67. The molecule has 0 radical (unpaired) electrons. The van der Waals surface area contributed by atoms with Crippen molar-refractivity contribution < 1.29 is 8.78 Å². The predicted molar refractivity (Wildman–Crippen MR) is 70.0 cm³/mol. The molecule has 0 aliphatic carbocycles. The molecule has 1 aliphatic heterocycles. The summed E-state index contributed by atoms with van der Waals surface area (Å²) in [6.45, 7) is 3.65. The van der Waals surface area contributed by atoms with E-state index in [4.69, 9.17) is 5.26 Å². The maximum Gasteiger partial charge on any atom is 0.183 e. The van der Waals surface area contributed by atoms with Gasteiger partial charge in [-0.15, -0.1) is 0 Å². The highest BCUT2D eigenvalue weighted by atomic mass is 19.2. The van der Waals surface area contributed by atoms with Gasteiger partial charge in [0.15, 0.2) is 11.6 Å². The van der Waals surface area contributed by atoms with Crippen LogP contribution >= 0.6 is 0 Å². The monoisotopic (exact) mass is 265 g/mol. The fourth-order valence-electron chi connectivity index (χ4n) is 2.34. The Balaban J connectivity index is 2.04. The highest BCUT2D eigenvalue weighted by molar-refractivity contribution is 5.51. The second kappa shape index (κ2) is 5.98. The van der Waals surface area contributed by atoms with Gasteiger partial charge in [0.25, 0.3) is 0 Å². The summed E-state index contributed by atoms with van der Waals surface area (Å²) in [4.78, 5) is 4.01. The number of hydrogen-bond donors (Lipinski definition) is 0. The summed E-state index contributed by atoms with van der Waals surface area (Å²) >= 11 is 0. The van der Waals surface area contributed by atoms with Crippen molar-refractivity contribution in [3.63, 3.8) is 0 Å². The number of benzene rings is 1. The van der Waals surface area contributed by atoms with E-state index in [1.165, 1.54) is 25.0 Å². The van der Waals surface area contributed by atoms with Crippen molar-refractivity contribution in [2.45, 2.75) is 12.8 Å². The van der Waals surface area contributed by atoms with Crippen molar-refractivity contribution in [2.75, 3.05) is 38.1 Å². The van der Waals surface area contributed by atoms with E-state index in [-0.39, 0.29) is 11.3 Å². The zero-order valence-electron chi connectivity index (χ0n) is 11.0. The van der Waals surface area contributed by atoms with Crippen molar-refractivity contribution >= 4 is 5.69 Å². The van der Waals surface area contributed by atoms with Gasteiger partial charge in [0.1, 0.15) is 6.07 Å². The highest BCUT2D eigenvalue weighted by Crippen LogP contribution is 2.23. The van der Waals surface area contributed by atoms with Gasteiger partial charge in [-0.25, -0.2) is 8.78 Å². The molecule has 3 nitrogen and oxygen atoms in total. The van der Waals surface area contributed by atoms with E-state index < -0.39 is 11.6 Å². The average Bonchev–Trinajstić information content (AvgIpc) is 2.92. The number of nitrogens with zero attached hydrogens (tertiary/aromatic N) is 3. The first-order valence-electron chi connectivity index (χ1n) is 6.45. The summed E-state index contributed by atoms with van der Waals surface area (Å²) in [5.74, 6) is -2.00. The Morgan fingerprint density at radius 3 is 2.58 bits per heavy atom. The molecule has 2 rings (SSSR count). The minimum atomic E-state index is -1.06. The lowest BCUT2D eigenvalue weighted by atomic mass is 10.2. The number of likely N-dealkylation sites (tertiary alicyclic amines) is 1. The van der Waals surface area contributed by atoms with Gasteiger partial charge in [-0.05, 0) is 38.1 Å². The maximum atomic E-state index is 13.8. The highest BCUT2D eigenvalue weighted by Gasteiger charge is 2.17. The van der Waals surface area contributed by atoms with E-state index in [9.17, 15) is 8.78 Å². The van der Waals surface area contributed by atoms with E-state index in [0.717, 1.165) is 19.6 Å². The number of likely N-dealkylation sites (N-methyl/N-ethyl adjacent to an activating group) is 1. The molecule has 0 saturated carbocycles.